The van der Waals surface area contributed by atoms with E-state index >= 15 is 0 Å². The van der Waals surface area contributed by atoms with Crippen molar-refractivity contribution in [2.45, 2.75) is 45.2 Å². The molecule has 0 aromatic heterocycles. The number of rotatable bonds is 7. The van der Waals surface area contributed by atoms with Crippen LogP contribution in [0.3, 0.4) is 0 Å². The van der Waals surface area contributed by atoms with Crippen molar-refractivity contribution in [2.75, 3.05) is 10.6 Å². The first kappa shape index (κ1) is 24.0. The third-order valence-electron chi connectivity index (χ3n) is 6.28. The number of carbonyl (C=O) groups is 1. The van der Waals surface area contributed by atoms with Gasteiger partial charge in [-0.05, 0) is 79.1 Å². The number of para-hydroxylation sites is 1. The molecule has 3 aromatic carbocycles. The summed E-state index contributed by atoms with van der Waals surface area (Å²) in [6.07, 6.45) is 5.69. The molecule has 178 valence electrons. The topological polar surface area (TPSA) is 66.5 Å². The van der Waals surface area contributed by atoms with E-state index in [9.17, 15) is 17.6 Å². The fourth-order valence-corrected chi connectivity index (χ4v) is 5.24. The van der Waals surface area contributed by atoms with Crippen LogP contribution in [-0.2, 0) is 29.4 Å². The van der Waals surface area contributed by atoms with E-state index < -0.39 is 15.8 Å². The molecular formula is C27H29FN2O3S. The molecule has 1 unspecified atom stereocenters. The van der Waals surface area contributed by atoms with Crippen LogP contribution in [0.15, 0.2) is 66.7 Å². The Balaban J connectivity index is 1.45. The van der Waals surface area contributed by atoms with Crippen molar-refractivity contribution in [3.63, 3.8) is 0 Å². The molecule has 1 atom stereocenters. The molecule has 0 radical (unpaired) electrons. The molecule has 1 amide bonds. The van der Waals surface area contributed by atoms with Crippen LogP contribution in [0.2, 0.25) is 0 Å². The normalized spacial score (nSPS) is 14.2. The third-order valence-corrected chi connectivity index (χ3v) is 7.41. The molecule has 1 aliphatic carbocycles. The Kier molecular flexibility index (Phi) is 7.03. The van der Waals surface area contributed by atoms with Gasteiger partial charge in [0.15, 0.2) is 0 Å². The highest BCUT2D eigenvalue weighted by Gasteiger charge is 2.21. The molecule has 5 nitrogen and oxygen atoms in total. The highest BCUT2D eigenvalue weighted by molar-refractivity contribution is 7.92. The highest BCUT2D eigenvalue weighted by Crippen LogP contribution is 2.26. The summed E-state index contributed by atoms with van der Waals surface area (Å²) in [5.41, 5.74) is 4.98. The number of hydrogen-bond donors (Lipinski definition) is 1. The lowest BCUT2D eigenvalue weighted by Crippen LogP contribution is -2.30. The summed E-state index contributed by atoms with van der Waals surface area (Å²) in [7, 11) is -3.70. The van der Waals surface area contributed by atoms with Gasteiger partial charge in [-0.2, -0.15) is 0 Å². The molecule has 4 rings (SSSR count). The maximum Gasteiger partial charge on any atom is 0.251 e. The van der Waals surface area contributed by atoms with Gasteiger partial charge in [0.1, 0.15) is 5.82 Å². The summed E-state index contributed by atoms with van der Waals surface area (Å²) >= 11 is 0. The van der Waals surface area contributed by atoms with Crippen molar-refractivity contribution in [1.29, 1.82) is 0 Å². The Labute approximate surface area is 200 Å². The Morgan fingerprint density at radius 3 is 2.35 bits per heavy atom. The summed E-state index contributed by atoms with van der Waals surface area (Å²) in [5.74, 6) is -0.814. The number of carbonyl (C=O) groups excluding carboxylic acids is 1. The minimum absolute atomic E-state index is 0.00862. The molecule has 1 aliphatic rings. The van der Waals surface area contributed by atoms with Gasteiger partial charge in [0.2, 0.25) is 10.0 Å². The first-order chi connectivity index (χ1) is 16.2. The largest absolute Gasteiger partial charge is 0.346 e. The number of amides is 1. The maximum absolute atomic E-state index is 14.2. The number of benzene rings is 3. The molecule has 0 spiro atoms. The van der Waals surface area contributed by atoms with E-state index in [0.29, 0.717) is 11.1 Å². The van der Waals surface area contributed by atoms with E-state index in [1.165, 1.54) is 42.2 Å². The maximum atomic E-state index is 14.2. The molecule has 0 aliphatic heterocycles. The molecule has 0 bridgehead atoms. The van der Waals surface area contributed by atoms with Crippen LogP contribution >= 0.6 is 0 Å². The number of halogens is 1. The smallest absolute Gasteiger partial charge is 0.251 e. The minimum atomic E-state index is -3.70. The summed E-state index contributed by atoms with van der Waals surface area (Å²) in [6, 6.07) is 18.8. The number of fused-ring (bicyclic) bond motifs is 1. The van der Waals surface area contributed by atoms with Gasteiger partial charge >= 0.3 is 0 Å². The standard InChI is InChI=1S/C27H29FN2O3S/c1-19(23-16-15-21-7-3-4-8-24(21)17-23)29-27(31)22-13-11-20(12-14-22)18-30(34(2,32)33)26-10-6-5-9-25(26)28/h5-6,9-17,19H,3-4,7-8,18H2,1-2H3,(H,29,31). The Morgan fingerprint density at radius 1 is 1.00 bits per heavy atom. The molecule has 7 heteroatoms. The fraction of sp³-hybridized carbons (Fsp3) is 0.296. The highest BCUT2D eigenvalue weighted by atomic mass is 32.2. The number of nitrogens with zero attached hydrogens (tertiary/aromatic N) is 1. The lowest BCUT2D eigenvalue weighted by atomic mass is 9.89. The van der Waals surface area contributed by atoms with E-state index in [0.717, 1.165) is 29.0 Å². The second-order valence-corrected chi connectivity index (χ2v) is 10.8. The number of aryl methyl sites for hydroxylation is 2. The molecule has 0 fully saturated rings. The fourth-order valence-electron chi connectivity index (χ4n) is 4.35. The van der Waals surface area contributed by atoms with Gasteiger partial charge in [-0.3, -0.25) is 9.10 Å². The van der Waals surface area contributed by atoms with Crippen molar-refractivity contribution in [3.8, 4) is 0 Å². The van der Waals surface area contributed by atoms with Crippen LogP contribution in [0.4, 0.5) is 10.1 Å². The van der Waals surface area contributed by atoms with Crippen LogP contribution in [0.5, 0.6) is 0 Å². The summed E-state index contributed by atoms with van der Waals surface area (Å²) in [4.78, 5) is 12.8. The van der Waals surface area contributed by atoms with Crippen molar-refractivity contribution in [3.05, 3.63) is 100 Å². The molecule has 0 saturated carbocycles. The zero-order valence-corrected chi connectivity index (χ0v) is 20.2. The van der Waals surface area contributed by atoms with E-state index in [-0.39, 0.29) is 24.2 Å². The number of sulfonamides is 1. The van der Waals surface area contributed by atoms with Gasteiger partial charge in [0, 0.05) is 5.56 Å². The van der Waals surface area contributed by atoms with E-state index in [4.69, 9.17) is 0 Å². The summed E-state index contributed by atoms with van der Waals surface area (Å²) in [6.45, 7) is 1.93. The molecule has 0 saturated heterocycles. The molecule has 3 aromatic rings. The van der Waals surface area contributed by atoms with Gasteiger partial charge in [-0.15, -0.1) is 0 Å². The predicted octanol–water partition coefficient (Wildman–Crippen LogP) is 5.16. The average molecular weight is 481 g/mol. The molecular weight excluding hydrogens is 451 g/mol. The second-order valence-electron chi connectivity index (χ2n) is 8.85. The average Bonchev–Trinajstić information content (AvgIpc) is 2.82. The van der Waals surface area contributed by atoms with Crippen molar-refractivity contribution < 1.29 is 17.6 Å². The Hall–Kier alpha value is -3.19. The third kappa shape index (κ3) is 5.47. The molecule has 0 heterocycles. The first-order valence-electron chi connectivity index (χ1n) is 11.5. The number of hydrogen-bond acceptors (Lipinski definition) is 3. The predicted molar refractivity (Wildman–Crippen MR) is 133 cm³/mol. The van der Waals surface area contributed by atoms with Crippen LogP contribution in [0.25, 0.3) is 0 Å². The zero-order chi connectivity index (χ0) is 24.3. The van der Waals surface area contributed by atoms with Crippen LogP contribution in [0, 0.1) is 5.82 Å². The lowest BCUT2D eigenvalue weighted by molar-refractivity contribution is 0.0940. The van der Waals surface area contributed by atoms with Crippen molar-refractivity contribution >= 4 is 21.6 Å². The SMILES string of the molecule is CC(NC(=O)c1ccc(CN(c2ccccc2F)S(C)(=O)=O)cc1)c1ccc2c(c1)CCCC2. The van der Waals surface area contributed by atoms with Crippen LogP contribution < -0.4 is 9.62 Å². The molecule has 1 N–H and O–H groups in total. The van der Waals surface area contributed by atoms with Crippen molar-refractivity contribution in [2.24, 2.45) is 0 Å². The quantitative estimate of drug-likeness (QED) is 0.508. The van der Waals surface area contributed by atoms with Gasteiger partial charge < -0.3 is 5.32 Å². The monoisotopic (exact) mass is 480 g/mol. The van der Waals surface area contributed by atoms with Gasteiger partial charge in [0.25, 0.3) is 5.91 Å². The Morgan fingerprint density at radius 2 is 1.68 bits per heavy atom. The second kappa shape index (κ2) is 9.97. The zero-order valence-electron chi connectivity index (χ0n) is 19.4. The Bertz CT molecular complexity index is 1290. The van der Waals surface area contributed by atoms with E-state index in [1.807, 2.05) is 6.92 Å². The molecule has 34 heavy (non-hydrogen) atoms. The van der Waals surface area contributed by atoms with Gasteiger partial charge in [-0.25, -0.2) is 12.8 Å². The van der Waals surface area contributed by atoms with Crippen LogP contribution in [-0.4, -0.2) is 20.6 Å². The number of nitrogens with one attached hydrogen (secondary N) is 1. The minimum Gasteiger partial charge on any atom is -0.346 e. The van der Waals surface area contributed by atoms with Gasteiger partial charge in [0.05, 0.1) is 24.5 Å². The van der Waals surface area contributed by atoms with E-state index in [2.05, 4.69) is 23.5 Å². The van der Waals surface area contributed by atoms with Crippen LogP contribution in [0.1, 0.15) is 58.4 Å². The summed E-state index contributed by atoms with van der Waals surface area (Å²) < 4.78 is 39.9. The van der Waals surface area contributed by atoms with E-state index in [1.54, 1.807) is 30.3 Å². The van der Waals surface area contributed by atoms with Gasteiger partial charge in [-0.1, -0.05) is 42.5 Å². The first-order valence-corrected chi connectivity index (χ1v) is 13.3. The lowest BCUT2D eigenvalue weighted by Gasteiger charge is -2.23. The van der Waals surface area contributed by atoms with Crippen molar-refractivity contribution in [1.82, 2.24) is 5.32 Å². The number of anilines is 1. The summed E-state index contributed by atoms with van der Waals surface area (Å²) in [5, 5.41) is 3.04.